The number of ether oxygens (including phenoxy) is 2. The van der Waals surface area contributed by atoms with Crippen molar-refractivity contribution in [2.24, 2.45) is 0 Å². The Morgan fingerprint density at radius 2 is 1.94 bits per heavy atom. The van der Waals surface area contributed by atoms with Crippen LogP contribution in [0, 0.1) is 0 Å². The Morgan fingerprint density at radius 1 is 1.24 bits per heavy atom. The van der Waals surface area contributed by atoms with Gasteiger partial charge >= 0.3 is 5.97 Å². The van der Waals surface area contributed by atoms with Gasteiger partial charge in [-0.25, -0.2) is 4.79 Å². The molecule has 0 radical (unpaired) electrons. The van der Waals surface area contributed by atoms with Gasteiger partial charge in [-0.1, -0.05) is 39.0 Å². The molecule has 1 saturated carbocycles. The summed E-state index contributed by atoms with van der Waals surface area (Å²) in [6.45, 7) is 4.46. The highest BCUT2D eigenvalue weighted by Gasteiger charge is 2.74. The SMILES string of the molecule is CCCC[C@@]1(C(=O)OCC)OC12CCCCC2. The largest absolute Gasteiger partial charge is 0.464 e. The Morgan fingerprint density at radius 3 is 2.53 bits per heavy atom. The Kier molecular flexibility index (Phi) is 3.76. The highest BCUT2D eigenvalue weighted by atomic mass is 16.7. The first-order valence-corrected chi connectivity index (χ1v) is 7.08. The summed E-state index contributed by atoms with van der Waals surface area (Å²) in [7, 11) is 0. The molecule has 3 heteroatoms. The zero-order valence-corrected chi connectivity index (χ0v) is 11.1. The lowest BCUT2D eigenvalue weighted by molar-refractivity contribution is -0.150. The highest BCUT2D eigenvalue weighted by Crippen LogP contribution is 2.59. The maximum atomic E-state index is 12.2. The summed E-state index contributed by atoms with van der Waals surface area (Å²) < 4.78 is 11.2. The molecule has 1 aliphatic heterocycles. The van der Waals surface area contributed by atoms with Crippen LogP contribution in [0.4, 0.5) is 0 Å². The third-order valence-electron chi connectivity index (χ3n) is 4.21. The van der Waals surface area contributed by atoms with Crippen molar-refractivity contribution in [3.63, 3.8) is 0 Å². The summed E-state index contributed by atoms with van der Waals surface area (Å²) in [6, 6.07) is 0. The summed E-state index contributed by atoms with van der Waals surface area (Å²) in [4.78, 5) is 12.2. The van der Waals surface area contributed by atoms with Gasteiger partial charge in [-0.15, -0.1) is 0 Å². The van der Waals surface area contributed by atoms with Crippen LogP contribution in [0.25, 0.3) is 0 Å². The molecular weight excluding hydrogens is 216 g/mol. The van der Waals surface area contributed by atoms with Gasteiger partial charge in [0, 0.05) is 0 Å². The van der Waals surface area contributed by atoms with E-state index in [1.807, 2.05) is 6.92 Å². The van der Waals surface area contributed by atoms with Crippen LogP contribution >= 0.6 is 0 Å². The van der Waals surface area contributed by atoms with Crippen molar-refractivity contribution in [3.8, 4) is 0 Å². The fourth-order valence-corrected chi connectivity index (χ4v) is 3.22. The van der Waals surface area contributed by atoms with Crippen LogP contribution < -0.4 is 0 Å². The van der Waals surface area contributed by atoms with E-state index < -0.39 is 5.60 Å². The van der Waals surface area contributed by atoms with E-state index in [2.05, 4.69) is 6.92 Å². The van der Waals surface area contributed by atoms with E-state index in [0.717, 1.165) is 32.1 Å². The molecule has 1 heterocycles. The standard InChI is InChI=1S/C14H24O3/c1-3-5-11-14(12(15)16-4-2)13(17-14)9-7-6-8-10-13/h3-11H2,1-2H3/t14-/m0/s1. The summed E-state index contributed by atoms with van der Waals surface area (Å²) in [5, 5.41) is 0. The monoisotopic (exact) mass is 240 g/mol. The van der Waals surface area contributed by atoms with Gasteiger partial charge in [0.15, 0.2) is 5.60 Å². The van der Waals surface area contributed by atoms with Crippen LogP contribution in [0.15, 0.2) is 0 Å². The average Bonchev–Trinajstić information content (AvgIpc) is 2.96. The second-order valence-corrected chi connectivity index (χ2v) is 5.31. The molecular formula is C14H24O3. The normalized spacial score (nSPS) is 30.2. The van der Waals surface area contributed by atoms with E-state index in [0.29, 0.717) is 6.61 Å². The molecule has 0 bridgehead atoms. The first kappa shape index (κ1) is 12.9. The summed E-state index contributed by atoms with van der Waals surface area (Å²) in [5.41, 5.74) is -0.744. The minimum atomic E-state index is -0.584. The number of unbranched alkanes of at least 4 members (excludes halogenated alkanes) is 1. The van der Waals surface area contributed by atoms with E-state index in [-0.39, 0.29) is 11.6 Å². The molecule has 17 heavy (non-hydrogen) atoms. The van der Waals surface area contributed by atoms with Crippen molar-refractivity contribution in [3.05, 3.63) is 0 Å². The molecule has 1 aliphatic carbocycles. The second-order valence-electron chi connectivity index (χ2n) is 5.31. The van der Waals surface area contributed by atoms with Gasteiger partial charge in [0.25, 0.3) is 0 Å². The van der Waals surface area contributed by atoms with Crippen LogP contribution in [0.3, 0.4) is 0 Å². The number of carbonyl (C=O) groups excluding carboxylic acids is 1. The van der Waals surface area contributed by atoms with Crippen molar-refractivity contribution in [1.29, 1.82) is 0 Å². The highest BCUT2D eigenvalue weighted by molar-refractivity contribution is 5.85. The topological polar surface area (TPSA) is 38.8 Å². The Bertz CT molecular complexity index is 277. The van der Waals surface area contributed by atoms with Crippen molar-refractivity contribution in [1.82, 2.24) is 0 Å². The van der Waals surface area contributed by atoms with E-state index in [4.69, 9.17) is 9.47 Å². The molecule has 0 aromatic rings. The molecule has 3 nitrogen and oxygen atoms in total. The van der Waals surface area contributed by atoms with Crippen molar-refractivity contribution >= 4 is 5.97 Å². The van der Waals surface area contributed by atoms with Gasteiger partial charge in [-0.2, -0.15) is 0 Å². The number of rotatable bonds is 5. The van der Waals surface area contributed by atoms with Crippen LogP contribution in [0.1, 0.15) is 65.2 Å². The average molecular weight is 240 g/mol. The molecule has 0 N–H and O–H groups in total. The van der Waals surface area contributed by atoms with Gasteiger partial charge in [-0.05, 0) is 26.2 Å². The lowest BCUT2D eigenvalue weighted by Crippen LogP contribution is -2.37. The van der Waals surface area contributed by atoms with E-state index in [1.54, 1.807) is 0 Å². The molecule has 2 aliphatic rings. The first-order valence-electron chi connectivity index (χ1n) is 7.08. The van der Waals surface area contributed by atoms with E-state index >= 15 is 0 Å². The Labute approximate surface area is 104 Å². The van der Waals surface area contributed by atoms with Crippen molar-refractivity contribution in [2.75, 3.05) is 6.61 Å². The lowest BCUT2D eigenvalue weighted by atomic mass is 9.78. The van der Waals surface area contributed by atoms with Gasteiger partial charge < -0.3 is 9.47 Å². The van der Waals surface area contributed by atoms with Crippen molar-refractivity contribution in [2.45, 2.75) is 76.4 Å². The molecule has 0 aromatic carbocycles. The summed E-state index contributed by atoms with van der Waals surface area (Å²) in [5.74, 6) is -0.115. The zero-order valence-electron chi connectivity index (χ0n) is 11.1. The fraction of sp³-hybridized carbons (Fsp3) is 0.929. The van der Waals surface area contributed by atoms with Gasteiger partial charge in [0.05, 0.1) is 6.61 Å². The Hall–Kier alpha value is -0.570. The Balaban J connectivity index is 2.07. The second kappa shape index (κ2) is 4.97. The smallest absolute Gasteiger partial charge is 0.341 e. The van der Waals surface area contributed by atoms with E-state index in [1.165, 1.54) is 19.3 Å². The third kappa shape index (κ3) is 2.10. The molecule has 0 unspecified atom stereocenters. The number of hydrogen-bond donors (Lipinski definition) is 0. The molecule has 1 atom stereocenters. The lowest BCUT2D eigenvalue weighted by Gasteiger charge is -2.22. The predicted octanol–water partition coefficient (Wildman–Crippen LogP) is 3.21. The van der Waals surface area contributed by atoms with E-state index in [9.17, 15) is 4.79 Å². The molecule has 0 amide bonds. The minimum Gasteiger partial charge on any atom is -0.464 e. The quantitative estimate of drug-likeness (QED) is 0.547. The van der Waals surface area contributed by atoms with Gasteiger partial charge in [0.1, 0.15) is 5.60 Å². The molecule has 0 aromatic heterocycles. The molecule has 2 fully saturated rings. The maximum Gasteiger partial charge on any atom is 0.341 e. The third-order valence-corrected chi connectivity index (χ3v) is 4.21. The molecule has 1 spiro atoms. The van der Waals surface area contributed by atoms with Crippen LogP contribution in [0.5, 0.6) is 0 Å². The number of esters is 1. The number of epoxide rings is 1. The summed E-state index contributed by atoms with van der Waals surface area (Å²) in [6.07, 6.45) is 8.70. The van der Waals surface area contributed by atoms with Crippen LogP contribution in [-0.2, 0) is 14.3 Å². The van der Waals surface area contributed by atoms with Gasteiger partial charge in [0.2, 0.25) is 0 Å². The van der Waals surface area contributed by atoms with Crippen LogP contribution in [0.2, 0.25) is 0 Å². The molecule has 98 valence electrons. The zero-order chi connectivity index (χ0) is 12.4. The predicted molar refractivity (Wildman–Crippen MR) is 65.8 cm³/mol. The number of hydrogen-bond acceptors (Lipinski definition) is 3. The first-order chi connectivity index (χ1) is 8.21. The maximum absolute atomic E-state index is 12.2. The van der Waals surface area contributed by atoms with Crippen LogP contribution in [-0.4, -0.2) is 23.8 Å². The molecule has 2 rings (SSSR count). The fourth-order valence-electron chi connectivity index (χ4n) is 3.22. The number of carbonyl (C=O) groups is 1. The minimum absolute atomic E-state index is 0.115. The van der Waals surface area contributed by atoms with Crippen molar-refractivity contribution < 1.29 is 14.3 Å². The van der Waals surface area contributed by atoms with Gasteiger partial charge in [-0.3, -0.25) is 0 Å². The summed E-state index contributed by atoms with van der Waals surface area (Å²) >= 11 is 0. The molecule has 1 saturated heterocycles.